The first-order valence-corrected chi connectivity index (χ1v) is 10.9. The number of rotatable bonds is 10. The molecule has 2 aromatic carbocycles. The number of carbonyl (C=O) groups excluding carboxylic acids is 2. The Morgan fingerprint density at radius 1 is 0.906 bits per heavy atom. The first kappa shape index (κ1) is 23.0. The lowest BCUT2D eigenvalue weighted by Crippen LogP contribution is -2.26. The second-order valence-corrected chi connectivity index (χ2v) is 7.37. The molecular formula is C26H29N3O3. The lowest BCUT2D eigenvalue weighted by Gasteiger charge is -2.15. The number of nitrogens with one attached hydrogen (secondary N) is 2. The number of unbranched alkanes of at least 4 members (excludes halogenated alkanes) is 1. The highest BCUT2D eigenvalue weighted by Crippen LogP contribution is 2.27. The molecule has 0 saturated carbocycles. The fraction of sp³-hybridized carbons (Fsp3) is 0.269. The van der Waals surface area contributed by atoms with Gasteiger partial charge in [0.25, 0.3) is 5.91 Å². The molecule has 1 heterocycles. The zero-order valence-electron chi connectivity index (χ0n) is 18.3. The maximum absolute atomic E-state index is 12.9. The zero-order valence-corrected chi connectivity index (χ0v) is 18.3. The van der Waals surface area contributed by atoms with Crippen molar-refractivity contribution in [3.05, 3.63) is 89.7 Å². The van der Waals surface area contributed by atoms with Gasteiger partial charge in [-0.3, -0.25) is 9.78 Å². The van der Waals surface area contributed by atoms with Crippen molar-refractivity contribution in [2.45, 2.75) is 32.7 Å². The molecule has 0 saturated heterocycles. The Kier molecular flexibility index (Phi) is 8.80. The Morgan fingerprint density at radius 3 is 2.44 bits per heavy atom. The molecule has 6 heteroatoms. The van der Waals surface area contributed by atoms with Crippen molar-refractivity contribution in [2.24, 2.45) is 0 Å². The van der Waals surface area contributed by atoms with Gasteiger partial charge in [-0.05, 0) is 41.3 Å². The molecule has 3 aromatic rings. The van der Waals surface area contributed by atoms with Crippen LogP contribution < -0.4 is 10.6 Å². The van der Waals surface area contributed by atoms with Crippen LogP contribution in [0.15, 0.2) is 72.9 Å². The normalized spacial score (nSPS) is 10.4. The van der Waals surface area contributed by atoms with Crippen LogP contribution in [0, 0.1) is 0 Å². The number of pyridine rings is 1. The second kappa shape index (κ2) is 12.2. The molecule has 0 bridgehead atoms. The monoisotopic (exact) mass is 431 g/mol. The van der Waals surface area contributed by atoms with Crippen molar-refractivity contribution in [1.29, 1.82) is 0 Å². The third-order valence-electron chi connectivity index (χ3n) is 5.03. The number of hydrogen-bond acceptors (Lipinski definition) is 4. The van der Waals surface area contributed by atoms with E-state index < -0.39 is 6.09 Å². The summed E-state index contributed by atoms with van der Waals surface area (Å²) in [6.45, 7) is 3.27. The molecule has 0 radical (unpaired) electrons. The summed E-state index contributed by atoms with van der Waals surface area (Å²) in [7, 11) is 0. The molecule has 0 unspecified atom stereocenters. The first-order chi connectivity index (χ1) is 15.7. The Morgan fingerprint density at radius 2 is 1.66 bits per heavy atom. The van der Waals surface area contributed by atoms with Gasteiger partial charge in [0.05, 0.1) is 6.61 Å². The molecule has 2 N–H and O–H groups in total. The predicted molar refractivity (Wildman–Crippen MR) is 125 cm³/mol. The van der Waals surface area contributed by atoms with Crippen LogP contribution in [0.4, 0.5) is 4.79 Å². The van der Waals surface area contributed by atoms with Crippen LogP contribution in [0.5, 0.6) is 0 Å². The summed E-state index contributed by atoms with van der Waals surface area (Å²) in [6.07, 6.45) is 3.78. The van der Waals surface area contributed by atoms with Gasteiger partial charge in [0.15, 0.2) is 0 Å². The fourth-order valence-electron chi connectivity index (χ4n) is 3.33. The third kappa shape index (κ3) is 6.67. The summed E-state index contributed by atoms with van der Waals surface area (Å²) >= 11 is 0. The number of aromatic nitrogens is 1. The Balaban J connectivity index is 1.69. The molecule has 166 valence electrons. The van der Waals surface area contributed by atoms with E-state index in [1.54, 1.807) is 6.20 Å². The Hall–Kier alpha value is -3.67. The topological polar surface area (TPSA) is 80.3 Å². The zero-order chi connectivity index (χ0) is 22.6. The van der Waals surface area contributed by atoms with E-state index in [0.29, 0.717) is 31.7 Å². The largest absolute Gasteiger partial charge is 0.450 e. The van der Waals surface area contributed by atoms with E-state index in [0.717, 1.165) is 35.2 Å². The SMILES string of the molecule is CCCCOC(=O)NCc1ccccc1-c1ccccc1C(=O)NCCc1ccccn1. The summed E-state index contributed by atoms with van der Waals surface area (Å²) in [5.74, 6) is -0.140. The van der Waals surface area contributed by atoms with Crippen LogP contribution in [-0.2, 0) is 17.7 Å². The van der Waals surface area contributed by atoms with Crippen molar-refractivity contribution in [3.8, 4) is 11.1 Å². The van der Waals surface area contributed by atoms with Gasteiger partial charge in [0.2, 0.25) is 0 Å². The van der Waals surface area contributed by atoms with E-state index in [1.807, 2.05) is 73.7 Å². The smallest absolute Gasteiger partial charge is 0.407 e. The molecule has 32 heavy (non-hydrogen) atoms. The van der Waals surface area contributed by atoms with Crippen molar-refractivity contribution >= 4 is 12.0 Å². The molecule has 3 rings (SSSR count). The highest BCUT2D eigenvalue weighted by atomic mass is 16.5. The van der Waals surface area contributed by atoms with Crippen LogP contribution in [0.2, 0.25) is 0 Å². The lowest BCUT2D eigenvalue weighted by molar-refractivity contribution is 0.0954. The Bertz CT molecular complexity index is 1020. The number of carbonyl (C=O) groups is 2. The van der Waals surface area contributed by atoms with Crippen molar-refractivity contribution < 1.29 is 14.3 Å². The minimum absolute atomic E-state index is 0.140. The van der Waals surface area contributed by atoms with E-state index in [4.69, 9.17) is 4.74 Å². The van der Waals surface area contributed by atoms with Gasteiger partial charge in [0, 0.05) is 37.0 Å². The fourth-order valence-corrected chi connectivity index (χ4v) is 3.33. The molecule has 0 atom stereocenters. The highest BCUT2D eigenvalue weighted by molar-refractivity contribution is 6.01. The maximum Gasteiger partial charge on any atom is 0.407 e. The number of amides is 2. The van der Waals surface area contributed by atoms with Gasteiger partial charge in [-0.25, -0.2) is 4.79 Å². The summed E-state index contributed by atoms with van der Waals surface area (Å²) in [6, 6.07) is 21.0. The quantitative estimate of drug-likeness (QED) is 0.454. The van der Waals surface area contributed by atoms with Crippen LogP contribution in [0.3, 0.4) is 0 Å². The number of ether oxygens (including phenoxy) is 1. The van der Waals surface area contributed by atoms with Crippen LogP contribution in [-0.4, -0.2) is 30.1 Å². The van der Waals surface area contributed by atoms with Gasteiger partial charge < -0.3 is 15.4 Å². The van der Waals surface area contributed by atoms with Gasteiger partial charge in [-0.2, -0.15) is 0 Å². The number of hydrogen-bond donors (Lipinski definition) is 2. The maximum atomic E-state index is 12.9. The summed E-state index contributed by atoms with van der Waals surface area (Å²) < 4.78 is 5.17. The highest BCUT2D eigenvalue weighted by Gasteiger charge is 2.15. The van der Waals surface area contributed by atoms with Gasteiger partial charge in [-0.1, -0.05) is 61.9 Å². The molecule has 0 spiro atoms. The third-order valence-corrected chi connectivity index (χ3v) is 5.03. The van der Waals surface area contributed by atoms with Crippen LogP contribution >= 0.6 is 0 Å². The van der Waals surface area contributed by atoms with E-state index in [2.05, 4.69) is 15.6 Å². The number of benzene rings is 2. The molecule has 2 amide bonds. The van der Waals surface area contributed by atoms with Crippen LogP contribution in [0.25, 0.3) is 11.1 Å². The molecule has 0 aliphatic rings. The molecule has 0 fully saturated rings. The number of alkyl carbamates (subject to hydrolysis) is 1. The lowest BCUT2D eigenvalue weighted by atomic mass is 9.95. The van der Waals surface area contributed by atoms with E-state index in [-0.39, 0.29) is 5.91 Å². The first-order valence-electron chi connectivity index (χ1n) is 10.9. The van der Waals surface area contributed by atoms with Gasteiger partial charge in [0.1, 0.15) is 0 Å². The van der Waals surface area contributed by atoms with Crippen molar-refractivity contribution in [3.63, 3.8) is 0 Å². The minimum Gasteiger partial charge on any atom is -0.450 e. The van der Waals surface area contributed by atoms with Crippen LogP contribution in [0.1, 0.15) is 41.4 Å². The average molecular weight is 432 g/mol. The van der Waals surface area contributed by atoms with Crippen molar-refractivity contribution in [1.82, 2.24) is 15.6 Å². The van der Waals surface area contributed by atoms with E-state index in [9.17, 15) is 9.59 Å². The molecular weight excluding hydrogens is 402 g/mol. The average Bonchev–Trinajstić information content (AvgIpc) is 2.84. The van der Waals surface area contributed by atoms with E-state index in [1.165, 1.54) is 0 Å². The molecule has 0 aliphatic carbocycles. The number of nitrogens with zero attached hydrogens (tertiary/aromatic N) is 1. The standard InChI is InChI=1S/C26H29N3O3/c1-2-3-18-32-26(31)29-19-20-10-4-5-12-22(20)23-13-6-7-14-24(23)25(30)28-17-15-21-11-8-9-16-27-21/h4-14,16H,2-3,15,17-19H2,1H3,(H,28,30)(H,29,31). The van der Waals surface area contributed by atoms with Gasteiger partial charge >= 0.3 is 6.09 Å². The van der Waals surface area contributed by atoms with E-state index >= 15 is 0 Å². The molecule has 0 aliphatic heterocycles. The predicted octanol–water partition coefficient (Wildman–Crippen LogP) is 4.75. The molecule has 6 nitrogen and oxygen atoms in total. The summed E-state index contributed by atoms with van der Waals surface area (Å²) in [5, 5.41) is 5.79. The van der Waals surface area contributed by atoms with Crippen molar-refractivity contribution in [2.75, 3.05) is 13.2 Å². The minimum atomic E-state index is -0.436. The Labute approximate surface area is 189 Å². The molecule has 1 aromatic heterocycles. The second-order valence-electron chi connectivity index (χ2n) is 7.37. The summed E-state index contributed by atoms with van der Waals surface area (Å²) in [5.41, 5.74) is 4.15. The van der Waals surface area contributed by atoms with Gasteiger partial charge in [-0.15, -0.1) is 0 Å². The summed E-state index contributed by atoms with van der Waals surface area (Å²) in [4.78, 5) is 29.2.